The largest absolute Gasteiger partial charge is 0.481 e. The number of nitrogens with zero attached hydrogens (tertiary/aromatic N) is 3. The van der Waals surface area contributed by atoms with Crippen LogP contribution in [0.2, 0.25) is 0 Å². The topological polar surface area (TPSA) is 100 Å². The highest BCUT2D eigenvalue weighted by Crippen LogP contribution is 2.34. The maximum absolute atomic E-state index is 12.6. The summed E-state index contributed by atoms with van der Waals surface area (Å²) in [5.41, 5.74) is 0.529. The number of aromatic nitrogens is 1. The first kappa shape index (κ1) is 21.8. The van der Waals surface area contributed by atoms with E-state index in [2.05, 4.69) is 4.98 Å². The molecule has 8 nitrogen and oxygen atoms in total. The number of rotatable bonds is 8. The monoisotopic (exact) mass is 423 g/mol. The molecule has 1 saturated heterocycles. The number of pyridine rings is 1. The number of ether oxygens (including phenoxy) is 1. The van der Waals surface area contributed by atoms with Gasteiger partial charge in [-0.3, -0.25) is 19.5 Å². The molecule has 2 rings (SSSR count). The van der Waals surface area contributed by atoms with E-state index in [4.69, 9.17) is 22.1 Å². The average Bonchev–Trinajstić information content (AvgIpc) is 2.91. The molecule has 0 atom stereocenters. The molecule has 1 aromatic rings. The molecule has 0 saturated carbocycles. The molecule has 1 aliphatic heterocycles. The number of carboxylic acid groups (broad SMARTS) is 1. The molecular formula is C18H21N3O5S2. The molecule has 1 fully saturated rings. The summed E-state index contributed by atoms with van der Waals surface area (Å²) in [5, 5.41) is 8.74. The van der Waals surface area contributed by atoms with E-state index in [1.807, 2.05) is 13.8 Å². The number of carboxylic acids is 1. The summed E-state index contributed by atoms with van der Waals surface area (Å²) in [4.78, 5) is 42.7. The molecule has 1 aromatic heterocycles. The molecule has 28 heavy (non-hydrogen) atoms. The third-order valence-corrected chi connectivity index (χ3v) is 5.35. The van der Waals surface area contributed by atoms with Gasteiger partial charge < -0.3 is 14.7 Å². The first-order valence-corrected chi connectivity index (χ1v) is 9.97. The zero-order chi connectivity index (χ0) is 20.7. The van der Waals surface area contributed by atoms with Crippen LogP contribution in [0.3, 0.4) is 0 Å². The van der Waals surface area contributed by atoms with Crippen molar-refractivity contribution in [2.24, 2.45) is 0 Å². The second-order valence-electron chi connectivity index (χ2n) is 5.78. The lowest BCUT2D eigenvalue weighted by atomic mass is 10.2. The molecule has 2 amide bonds. The van der Waals surface area contributed by atoms with E-state index < -0.39 is 12.1 Å². The molecule has 0 bridgehead atoms. The summed E-state index contributed by atoms with van der Waals surface area (Å²) < 4.78 is 5.80. The summed E-state index contributed by atoms with van der Waals surface area (Å²) in [5.74, 6) is -0.966. The van der Waals surface area contributed by atoms with Gasteiger partial charge in [-0.15, -0.1) is 0 Å². The molecule has 2 heterocycles. The van der Waals surface area contributed by atoms with Crippen LogP contribution in [0, 0.1) is 0 Å². The van der Waals surface area contributed by atoms with Crippen LogP contribution >= 0.6 is 24.0 Å². The van der Waals surface area contributed by atoms with Crippen LogP contribution in [-0.2, 0) is 9.59 Å². The fourth-order valence-electron chi connectivity index (χ4n) is 2.46. The third kappa shape index (κ3) is 5.52. The Morgan fingerprint density at radius 2 is 2.11 bits per heavy atom. The normalized spacial score (nSPS) is 15.2. The van der Waals surface area contributed by atoms with Crippen molar-refractivity contribution in [1.29, 1.82) is 0 Å². The van der Waals surface area contributed by atoms with Gasteiger partial charge in [-0.05, 0) is 32.4 Å². The van der Waals surface area contributed by atoms with E-state index >= 15 is 0 Å². The first-order valence-electron chi connectivity index (χ1n) is 8.75. The standard InChI is InChI=1S/C18H21N3O5S2/c1-3-20(4-2)17(25)26-13-11-19-8-7-12(13)10-14-16(24)21(18(27)28-14)9-5-6-15(22)23/h7-8,10-11H,3-6,9H2,1-2H3,(H,22,23)/b14-10-. The van der Waals surface area contributed by atoms with Crippen molar-refractivity contribution in [1.82, 2.24) is 14.8 Å². The Morgan fingerprint density at radius 1 is 1.39 bits per heavy atom. The molecule has 0 unspecified atom stereocenters. The van der Waals surface area contributed by atoms with Gasteiger partial charge in [-0.25, -0.2) is 4.79 Å². The van der Waals surface area contributed by atoms with Crippen LogP contribution in [0.1, 0.15) is 32.3 Å². The molecule has 10 heteroatoms. The van der Waals surface area contributed by atoms with Crippen LogP contribution in [0.4, 0.5) is 4.79 Å². The highest BCUT2D eigenvalue weighted by atomic mass is 32.2. The third-order valence-electron chi connectivity index (χ3n) is 3.97. The number of thiocarbonyl (C=S) groups is 1. The Labute approximate surface area is 172 Å². The second-order valence-corrected chi connectivity index (χ2v) is 7.46. The van der Waals surface area contributed by atoms with Gasteiger partial charge in [0.15, 0.2) is 5.75 Å². The van der Waals surface area contributed by atoms with Crippen molar-refractivity contribution in [3.8, 4) is 5.75 Å². The van der Waals surface area contributed by atoms with Crippen molar-refractivity contribution in [2.75, 3.05) is 19.6 Å². The van der Waals surface area contributed by atoms with Crippen molar-refractivity contribution in [2.45, 2.75) is 26.7 Å². The van der Waals surface area contributed by atoms with Gasteiger partial charge in [-0.1, -0.05) is 24.0 Å². The Balaban J connectivity index is 2.17. The Bertz CT molecular complexity index is 808. The van der Waals surface area contributed by atoms with Crippen molar-refractivity contribution >= 4 is 52.3 Å². The number of thioether (sulfide) groups is 1. The lowest BCUT2D eigenvalue weighted by Crippen LogP contribution is -2.33. The lowest BCUT2D eigenvalue weighted by molar-refractivity contribution is -0.137. The van der Waals surface area contributed by atoms with Gasteiger partial charge in [0.2, 0.25) is 0 Å². The van der Waals surface area contributed by atoms with Crippen molar-refractivity contribution < 1.29 is 24.2 Å². The minimum atomic E-state index is -0.919. The minimum absolute atomic E-state index is 0.0358. The summed E-state index contributed by atoms with van der Waals surface area (Å²) >= 11 is 6.36. The summed E-state index contributed by atoms with van der Waals surface area (Å²) in [7, 11) is 0. The van der Waals surface area contributed by atoms with Gasteiger partial charge in [0.05, 0.1) is 11.1 Å². The van der Waals surface area contributed by atoms with Gasteiger partial charge in [-0.2, -0.15) is 0 Å². The molecule has 1 aliphatic rings. The van der Waals surface area contributed by atoms with E-state index in [1.54, 1.807) is 12.1 Å². The van der Waals surface area contributed by atoms with Crippen molar-refractivity contribution in [3.63, 3.8) is 0 Å². The molecule has 1 N–H and O–H groups in total. The van der Waals surface area contributed by atoms with Crippen LogP contribution < -0.4 is 4.74 Å². The van der Waals surface area contributed by atoms with Crippen molar-refractivity contribution in [3.05, 3.63) is 28.9 Å². The maximum atomic E-state index is 12.6. The predicted molar refractivity (Wildman–Crippen MR) is 110 cm³/mol. The Hall–Kier alpha value is -2.46. The van der Waals surface area contributed by atoms with Gasteiger partial charge in [0.1, 0.15) is 4.32 Å². The zero-order valence-electron chi connectivity index (χ0n) is 15.6. The van der Waals surface area contributed by atoms with Crippen LogP contribution in [0.5, 0.6) is 5.75 Å². The number of aliphatic carboxylic acids is 1. The fourth-order valence-corrected chi connectivity index (χ4v) is 3.76. The number of amides is 2. The number of hydrogen-bond acceptors (Lipinski definition) is 7. The Morgan fingerprint density at radius 3 is 2.75 bits per heavy atom. The van der Waals surface area contributed by atoms with E-state index in [9.17, 15) is 14.4 Å². The van der Waals surface area contributed by atoms with E-state index in [0.717, 1.165) is 11.8 Å². The van der Waals surface area contributed by atoms with Gasteiger partial charge in [0, 0.05) is 37.8 Å². The molecule has 0 radical (unpaired) electrons. The fraction of sp³-hybridized carbons (Fsp3) is 0.389. The molecular weight excluding hydrogens is 402 g/mol. The van der Waals surface area contributed by atoms with E-state index in [1.165, 1.54) is 22.2 Å². The van der Waals surface area contributed by atoms with E-state index in [-0.39, 0.29) is 24.6 Å². The molecule has 0 aromatic carbocycles. The highest BCUT2D eigenvalue weighted by Gasteiger charge is 2.32. The number of carbonyl (C=O) groups is 3. The summed E-state index contributed by atoms with van der Waals surface area (Å²) in [6.45, 7) is 4.98. The highest BCUT2D eigenvalue weighted by molar-refractivity contribution is 8.26. The molecule has 0 aliphatic carbocycles. The smallest absolute Gasteiger partial charge is 0.415 e. The summed E-state index contributed by atoms with van der Waals surface area (Å²) in [6.07, 6.45) is 4.34. The quantitative estimate of drug-likeness (QED) is 0.503. The number of hydrogen-bond donors (Lipinski definition) is 1. The van der Waals surface area contributed by atoms with Crippen LogP contribution in [0.25, 0.3) is 6.08 Å². The predicted octanol–water partition coefficient (Wildman–Crippen LogP) is 2.99. The lowest BCUT2D eigenvalue weighted by Gasteiger charge is -2.18. The maximum Gasteiger partial charge on any atom is 0.415 e. The average molecular weight is 424 g/mol. The molecule has 0 spiro atoms. The summed E-state index contributed by atoms with van der Waals surface area (Å²) in [6, 6.07) is 1.64. The van der Waals surface area contributed by atoms with Crippen LogP contribution in [0.15, 0.2) is 23.4 Å². The molecule has 150 valence electrons. The SMILES string of the molecule is CCN(CC)C(=O)Oc1cnccc1/C=C1\SC(=S)N(CCCC(=O)O)C1=O. The van der Waals surface area contributed by atoms with Crippen LogP contribution in [-0.4, -0.2) is 61.8 Å². The number of carbonyl (C=O) groups excluding carboxylic acids is 2. The first-order chi connectivity index (χ1) is 13.4. The second kappa shape index (κ2) is 10.2. The Kier molecular flexibility index (Phi) is 7.94. The van der Waals surface area contributed by atoms with Gasteiger partial charge >= 0.3 is 12.1 Å². The van der Waals surface area contributed by atoms with E-state index in [0.29, 0.717) is 34.3 Å². The van der Waals surface area contributed by atoms with Gasteiger partial charge in [0.25, 0.3) is 5.91 Å². The zero-order valence-corrected chi connectivity index (χ0v) is 17.2. The minimum Gasteiger partial charge on any atom is -0.481 e.